The molecule has 0 aliphatic heterocycles. The molecule has 3 aromatic rings. The van der Waals surface area contributed by atoms with Crippen LogP contribution >= 0.6 is 23.1 Å². The average molecular weight is 494 g/mol. The molecular weight excluding hydrogens is 458 g/mol. The topological polar surface area (TPSA) is 47.8 Å². The number of ketones is 1. The van der Waals surface area contributed by atoms with Crippen LogP contribution in [-0.4, -0.2) is 26.3 Å². The van der Waals surface area contributed by atoms with E-state index in [1.807, 2.05) is 30.4 Å². The molecular formula is C28H35N3OS2. The van der Waals surface area contributed by atoms with Crippen molar-refractivity contribution in [2.45, 2.75) is 72.5 Å². The molecule has 1 aromatic carbocycles. The third-order valence-electron chi connectivity index (χ3n) is 7.03. The van der Waals surface area contributed by atoms with Crippen LogP contribution in [0.3, 0.4) is 0 Å². The Morgan fingerprint density at radius 2 is 1.91 bits per heavy atom. The molecule has 0 spiro atoms. The fourth-order valence-electron chi connectivity index (χ4n) is 4.71. The first-order valence-corrected chi connectivity index (χ1v) is 13.8. The largest absolute Gasteiger partial charge is 0.297 e. The molecule has 6 heteroatoms. The molecule has 0 radical (unpaired) electrons. The number of aromatic nitrogens is 3. The van der Waals surface area contributed by atoms with E-state index >= 15 is 0 Å². The van der Waals surface area contributed by atoms with Crippen LogP contribution < -0.4 is 0 Å². The zero-order valence-electron chi connectivity index (χ0n) is 21.2. The molecule has 0 saturated heterocycles. The highest BCUT2D eigenvalue weighted by Gasteiger charge is 2.30. The first-order chi connectivity index (χ1) is 16.1. The van der Waals surface area contributed by atoms with Crippen molar-refractivity contribution >= 4 is 28.9 Å². The van der Waals surface area contributed by atoms with E-state index in [1.165, 1.54) is 34.2 Å². The molecule has 1 atom stereocenters. The molecule has 2 heterocycles. The lowest BCUT2D eigenvalue weighted by Crippen LogP contribution is -2.26. The molecule has 34 heavy (non-hydrogen) atoms. The van der Waals surface area contributed by atoms with Crippen molar-refractivity contribution in [2.24, 2.45) is 11.3 Å². The quantitative estimate of drug-likeness (QED) is 0.198. The molecule has 180 valence electrons. The van der Waals surface area contributed by atoms with Gasteiger partial charge in [0.25, 0.3) is 0 Å². The van der Waals surface area contributed by atoms with Gasteiger partial charge in [-0.25, -0.2) is 0 Å². The number of aryl methyl sites for hydroxylation is 4. The lowest BCUT2D eigenvalue weighted by atomic mass is 9.72. The zero-order chi connectivity index (χ0) is 24.6. The Hall–Kier alpha value is -2.18. The fourth-order valence-corrected chi connectivity index (χ4v) is 6.75. The van der Waals surface area contributed by atoms with Crippen LogP contribution in [0.5, 0.6) is 0 Å². The highest BCUT2D eigenvalue weighted by atomic mass is 32.2. The Labute approximate surface area is 211 Å². The van der Waals surface area contributed by atoms with Gasteiger partial charge in [-0.1, -0.05) is 44.7 Å². The van der Waals surface area contributed by atoms with Crippen LogP contribution in [0.15, 0.2) is 36.0 Å². The molecule has 0 fully saturated rings. The van der Waals surface area contributed by atoms with Crippen LogP contribution in [0, 0.1) is 32.1 Å². The van der Waals surface area contributed by atoms with E-state index in [0.29, 0.717) is 23.6 Å². The fraction of sp³-hybridized carbons (Fsp3) is 0.464. The summed E-state index contributed by atoms with van der Waals surface area (Å²) >= 11 is 3.31. The number of allylic oxidation sites excluding steroid dienone is 1. The third kappa shape index (κ3) is 5.08. The van der Waals surface area contributed by atoms with Crippen molar-refractivity contribution in [2.75, 3.05) is 5.75 Å². The molecule has 0 N–H and O–H groups in total. The number of Topliss-reactive ketones (excluding diaryl/α,β-unsaturated/α-hetero) is 1. The van der Waals surface area contributed by atoms with Crippen molar-refractivity contribution in [3.63, 3.8) is 0 Å². The van der Waals surface area contributed by atoms with Crippen molar-refractivity contribution in [3.8, 4) is 10.7 Å². The van der Waals surface area contributed by atoms with Crippen LogP contribution in [0.25, 0.3) is 10.7 Å². The molecule has 0 amide bonds. The minimum atomic E-state index is 0.125. The van der Waals surface area contributed by atoms with E-state index in [2.05, 4.69) is 68.1 Å². The van der Waals surface area contributed by atoms with E-state index in [4.69, 9.17) is 0 Å². The molecule has 2 aromatic heterocycles. The number of rotatable bonds is 7. The standard InChI is InChI=1S/C28H35N3OS2/c1-8-11-31-26(25-15-20-14-21(28(5,6)7)9-10-24(20)34-25)29-30-27(31)33-16-23(32)22-13-18(3)17(2)12-19(22)4/h8,12-13,15,21H,1,9-11,14,16H2,2-7H3/t21-/m0/s1. The van der Waals surface area contributed by atoms with E-state index in [1.54, 1.807) is 0 Å². The van der Waals surface area contributed by atoms with Gasteiger partial charge in [0.05, 0.1) is 10.6 Å². The van der Waals surface area contributed by atoms with Gasteiger partial charge in [-0.05, 0) is 85.8 Å². The Morgan fingerprint density at radius 3 is 2.62 bits per heavy atom. The van der Waals surface area contributed by atoms with Crippen LogP contribution in [0.4, 0.5) is 0 Å². The van der Waals surface area contributed by atoms with E-state index in [9.17, 15) is 4.79 Å². The Bertz CT molecular complexity index is 1230. The summed E-state index contributed by atoms with van der Waals surface area (Å²) in [5, 5.41) is 9.79. The summed E-state index contributed by atoms with van der Waals surface area (Å²) in [6.45, 7) is 17.7. The number of fused-ring (bicyclic) bond motifs is 1. The predicted octanol–water partition coefficient (Wildman–Crippen LogP) is 7.24. The summed E-state index contributed by atoms with van der Waals surface area (Å²) in [7, 11) is 0. The SMILES string of the molecule is C=CCn1c(SCC(=O)c2cc(C)c(C)cc2C)nnc1-c1cc2c(s1)CC[C@H](C(C)(C)C)C2. The molecule has 4 rings (SSSR count). The average Bonchev–Trinajstić information content (AvgIpc) is 3.37. The molecule has 0 bridgehead atoms. The maximum absolute atomic E-state index is 13.0. The first kappa shape index (κ1) is 24.9. The first-order valence-electron chi connectivity index (χ1n) is 12.0. The van der Waals surface area contributed by atoms with Crippen molar-refractivity contribution in [1.82, 2.24) is 14.8 Å². The maximum atomic E-state index is 13.0. The molecule has 0 saturated carbocycles. The lowest BCUT2D eigenvalue weighted by molar-refractivity contribution is 0.102. The summed E-state index contributed by atoms with van der Waals surface area (Å²) in [6.07, 6.45) is 5.39. The number of hydrogen-bond acceptors (Lipinski definition) is 5. The predicted molar refractivity (Wildman–Crippen MR) is 144 cm³/mol. The van der Waals surface area contributed by atoms with Gasteiger partial charge in [0.2, 0.25) is 0 Å². The summed E-state index contributed by atoms with van der Waals surface area (Å²) in [4.78, 5) is 15.6. The molecule has 0 unspecified atom stereocenters. The number of nitrogens with zero attached hydrogens (tertiary/aromatic N) is 3. The number of thiophene rings is 1. The molecule has 4 nitrogen and oxygen atoms in total. The van der Waals surface area contributed by atoms with Gasteiger partial charge in [-0.3, -0.25) is 9.36 Å². The summed E-state index contributed by atoms with van der Waals surface area (Å²) in [5.41, 5.74) is 5.97. The second-order valence-electron chi connectivity index (χ2n) is 10.5. The van der Waals surface area contributed by atoms with Gasteiger partial charge in [-0.15, -0.1) is 28.1 Å². The highest BCUT2D eigenvalue weighted by molar-refractivity contribution is 7.99. The van der Waals surface area contributed by atoms with Gasteiger partial charge in [0.15, 0.2) is 16.8 Å². The lowest BCUT2D eigenvalue weighted by Gasteiger charge is -2.33. The second-order valence-corrected chi connectivity index (χ2v) is 12.6. The van der Waals surface area contributed by atoms with E-state index < -0.39 is 0 Å². The normalized spacial score (nSPS) is 15.9. The second kappa shape index (κ2) is 9.82. The van der Waals surface area contributed by atoms with Crippen molar-refractivity contribution in [3.05, 3.63) is 63.5 Å². The summed E-state index contributed by atoms with van der Waals surface area (Å²) in [5.74, 6) is 2.05. The maximum Gasteiger partial charge on any atom is 0.192 e. The van der Waals surface area contributed by atoms with Crippen molar-refractivity contribution < 1.29 is 4.79 Å². The summed E-state index contributed by atoms with van der Waals surface area (Å²) < 4.78 is 2.09. The van der Waals surface area contributed by atoms with E-state index in [-0.39, 0.29) is 5.78 Å². The van der Waals surface area contributed by atoms with Crippen molar-refractivity contribution in [1.29, 1.82) is 0 Å². The van der Waals surface area contributed by atoms with Gasteiger partial charge < -0.3 is 0 Å². The minimum Gasteiger partial charge on any atom is -0.297 e. The van der Waals surface area contributed by atoms with Crippen LogP contribution in [0.1, 0.15) is 64.7 Å². The van der Waals surface area contributed by atoms with Crippen LogP contribution in [0.2, 0.25) is 0 Å². The summed E-state index contributed by atoms with van der Waals surface area (Å²) in [6, 6.07) is 6.42. The highest BCUT2D eigenvalue weighted by Crippen LogP contribution is 2.42. The Kier molecular flexibility index (Phi) is 7.20. The number of carbonyl (C=O) groups is 1. The smallest absolute Gasteiger partial charge is 0.192 e. The number of hydrogen-bond donors (Lipinski definition) is 0. The van der Waals surface area contributed by atoms with E-state index in [0.717, 1.165) is 45.4 Å². The number of carbonyl (C=O) groups excluding carboxylic acids is 1. The van der Waals surface area contributed by atoms with Gasteiger partial charge in [0, 0.05) is 17.0 Å². The Morgan fingerprint density at radius 1 is 1.18 bits per heavy atom. The minimum absolute atomic E-state index is 0.125. The van der Waals surface area contributed by atoms with Gasteiger partial charge >= 0.3 is 0 Å². The number of benzene rings is 1. The molecule has 1 aliphatic carbocycles. The number of thioether (sulfide) groups is 1. The zero-order valence-corrected chi connectivity index (χ0v) is 22.8. The van der Waals surface area contributed by atoms with Crippen LogP contribution in [-0.2, 0) is 19.4 Å². The van der Waals surface area contributed by atoms with Gasteiger partial charge in [0.1, 0.15) is 0 Å². The van der Waals surface area contributed by atoms with Gasteiger partial charge in [-0.2, -0.15) is 0 Å². The third-order valence-corrected chi connectivity index (χ3v) is 9.23. The molecule has 1 aliphatic rings. The monoisotopic (exact) mass is 493 g/mol. The Balaban J connectivity index is 1.55.